The number of anilines is 2. The molecule has 1 N–H and O–H groups in total. The summed E-state index contributed by atoms with van der Waals surface area (Å²) in [5.74, 6) is 0.646. The van der Waals surface area contributed by atoms with Crippen LogP contribution in [0.5, 0.6) is 0 Å². The number of nitrogens with one attached hydrogen (secondary N) is 1. The van der Waals surface area contributed by atoms with Crippen molar-refractivity contribution in [2.45, 2.75) is 25.8 Å². The first-order valence-corrected chi connectivity index (χ1v) is 10.8. The highest BCUT2D eigenvalue weighted by molar-refractivity contribution is 5.99. The number of benzene rings is 2. The Kier molecular flexibility index (Phi) is 5.24. The smallest absolute Gasteiger partial charge is 0.231 e. The average Bonchev–Trinajstić information content (AvgIpc) is 3.44. The number of likely N-dealkylation sites (tertiary alicyclic amines) is 1. The van der Waals surface area contributed by atoms with Crippen LogP contribution in [0.15, 0.2) is 54.6 Å². The lowest BCUT2D eigenvalue weighted by Crippen LogP contribution is -2.29. The van der Waals surface area contributed by atoms with Gasteiger partial charge in [0.15, 0.2) is 11.6 Å². The molecule has 0 saturated carbocycles. The maximum atomic E-state index is 13.1. The lowest BCUT2D eigenvalue weighted by atomic mass is 10.1. The third-order valence-corrected chi connectivity index (χ3v) is 6.00. The minimum absolute atomic E-state index is 0.00775. The van der Waals surface area contributed by atoms with Crippen LogP contribution in [0.25, 0.3) is 11.0 Å². The molecule has 1 unspecified atom stereocenters. The summed E-state index contributed by atoms with van der Waals surface area (Å²) in [6.07, 6.45) is 2.43. The topological polar surface area (TPSA) is 78.4 Å². The Morgan fingerprint density at radius 1 is 0.968 bits per heavy atom. The number of fused-ring (bicyclic) bond motifs is 1. The van der Waals surface area contributed by atoms with Crippen LogP contribution in [-0.2, 0) is 16.1 Å². The molecular formula is C24H25N5O2. The Morgan fingerprint density at radius 2 is 1.65 bits per heavy atom. The molecule has 2 fully saturated rings. The van der Waals surface area contributed by atoms with Gasteiger partial charge in [0, 0.05) is 32.6 Å². The van der Waals surface area contributed by atoms with E-state index in [2.05, 4.69) is 10.2 Å². The summed E-state index contributed by atoms with van der Waals surface area (Å²) >= 11 is 0. The molecule has 2 aliphatic heterocycles. The molecule has 7 heteroatoms. The predicted molar refractivity (Wildman–Crippen MR) is 120 cm³/mol. The third-order valence-electron chi connectivity index (χ3n) is 6.00. The highest BCUT2D eigenvalue weighted by atomic mass is 16.2. The maximum absolute atomic E-state index is 13.1. The van der Waals surface area contributed by atoms with Crippen molar-refractivity contribution in [1.29, 1.82) is 0 Å². The molecule has 3 aromatic rings. The Morgan fingerprint density at radius 3 is 2.39 bits per heavy atom. The number of amides is 2. The number of nitrogens with zero attached hydrogens (tertiary/aromatic N) is 4. The number of carbonyl (C=O) groups is 2. The van der Waals surface area contributed by atoms with Crippen LogP contribution in [0.3, 0.4) is 0 Å². The van der Waals surface area contributed by atoms with Crippen molar-refractivity contribution in [2.75, 3.05) is 29.9 Å². The largest absolute Gasteiger partial charge is 0.354 e. The van der Waals surface area contributed by atoms with Crippen molar-refractivity contribution in [2.24, 2.45) is 5.92 Å². The minimum atomic E-state index is -0.393. The zero-order valence-corrected chi connectivity index (χ0v) is 17.3. The minimum Gasteiger partial charge on any atom is -0.354 e. The van der Waals surface area contributed by atoms with E-state index in [9.17, 15) is 9.59 Å². The van der Waals surface area contributed by atoms with Crippen LogP contribution in [0.4, 0.5) is 11.6 Å². The van der Waals surface area contributed by atoms with Gasteiger partial charge in [-0.2, -0.15) is 0 Å². The van der Waals surface area contributed by atoms with Gasteiger partial charge in [0.05, 0.1) is 17.0 Å². The van der Waals surface area contributed by atoms with Gasteiger partial charge in [0.2, 0.25) is 11.8 Å². The zero-order chi connectivity index (χ0) is 21.2. The fraction of sp³-hybridized carbons (Fsp3) is 0.333. The Labute approximate surface area is 181 Å². The van der Waals surface area contributed by atoms with Crippen LogP contribution >= 0.6 is 0 Å². The molecule has 5 rings (SSSR count). The van der Waals surface area contributed by atoms with Gasteiger partial charge in [0.1, 0.15) is 0 Å². The average molecular weight is 415 g/mol. The van der Waals surface area contributed by atoms with Crippen molar-refractivity contribution < 1.29 is 9.59 Å². The number of aromatic nitrogens is 2. The molecule has 2 saturated heterocycles. The first-order valence-electron chi connectivity index (χ1n) is 10.8. The van der Waals surface area contributed by atoms with Crippen molar-refractivity contribution in [3.8, 4) is 0 Å². The standard InChI is InChI=1S/C24H25N5O2/c30-21-14-18(16-29(21)15-17-8-2-1-3-9-17)24(31)27-22-23(28-12-6-7-13-28)26-20-11-5-4-10-19(20)25-22/h1-5,8-11,18H,6-7,12-16H2,(H,25,27,31). The summed E-state index contributed by atoms with van der Waals surface area (Å²) in [6, 6.07) is 17.5. The van der Waals surface area contributed by atoms with E-state index in [1.165, 1.54) is 0 Å². The van der Waals surface area contributed by atoms with E-state index in [4.69, 9.17) is 9.97 Å². The quantitative estimate of drug-likeness (QED) is 0.692. The fourth-order valence-corrected chi connectivity index (χ4v) is 4.35. The molecule has 3 heterocycles. The number of hydrogen-bond donors (Lipinski definition) is 1. The molecule has 1 atom stereocenters. The zero-order valence-electron chi connectivity index (χ0n) is 17.3. The second-order valence-electron chi connectivity index (χ2n) is 8.23. The number of rotatable bonds is 5. The molecule has 0 aliphatic carbocycles. The molecule has 1 aromatic heterocycles. The van der Waals surface area contributed by atoms with Gasteiger partial charge in [0.25, 0.3) is 0 Å². The van der Waals surface area contributed by atoms with E-state index in [1.807, 2.05) is 54.6 Å². The van der Waals surface area contributed by atoms with Crippen molar-refractivity contribution >= 4 is 34.5 Å². The second-order valence-corrected chi connectivity index (χ2v) is 8.23. The first kappa shape index (κ1) is 19.5. The Balaban J connectivity index is 1.35. The summed E-state index contributed by atoms with van der Waals surface area (Å²) in [7, 11) is 0. The summed E-state index contributed by atoms with van der Waals surface area (Å²) in [5, 5.41) is 2.99. The SMILES string of the molecule is O=C(Nc1nc2ccccc2nc1N1CCCC1)C1CC(=O)N(Cc2ccccc2)C1. The van der Waals surface area contributed by atoms with Gasteiger partial charge < -0.3 is 15.1 Å². The molecule has 2 aliphatic rings. The van der Waals surface area contributed by atoms with E-state index in [1.54, 1.807) is 4.90 Å². The van der Waals surface area contributed by atoms with Crippen molar-refractivity contribution in [3.05, 3.63) is 60.2 Å². The van der Waals surface area contributed by atoms with E-state index in [0.29, 0.717) is 18.9 Å². The molecule has 31 heavy (non-hydrogen) atoms. The summed E-state index contributed by atoms with van der Waals surface area (Å²) in [4.78, 5) is 39.0. The lowest BCUT2D eigenvalue weighted by Gasteiger charge is -2.21. The third kappa shape index (κ3) is 4.08. The van der Waals surface area contributed by atoms with Crippen LogP contribution in [0, 0.1) is 5.92 Å². The Bertz CT molecular complexity index is 1110. The fourth-order valence-electron chi connectivity index (χ4n) is 4.35. The van der Waals surface area contributed by atoms with Gasteiger partial charge in [-0.1, -0.05) is 42.5 Å². The molecule has 0 spiro atoms. The molecule has 2 aromatic carbocycles. The molecular weight excluding hydrogens is 390 g/mol. The summed E-state index contributed by atoms with van der Waals surface area (Å²) in [5.41, 5.74) is 2.62. The normalized spacial score (nSPS) is 18.7. The highest BCUT2D eigenvalue weighted by Gasteiger charge is 2.35. The molecule has 0 bridgehead atoms. The van der Waals surface area contributed by atoms with Crippen molar-refractivity contribution in [1.82, 2.24) is 14.9 Å². The highest BCUT2D eigenvalue weighted by Crippen LogP contribution is 2.29. The Hall–Kier alpha value is -3.48. The van der Waals surface area contributed by atoms with E-state index in [-0.39, 0.29) is 18.2 Å². The van der Waals surface area contributed by atoms with Crippen LogP contribution in [0.2, 0.25) is 0 Å². The second kappa shape index (κ2) is 8.34. The van der Waals surface area contributed by atoms with E-state index >= 15 is 0 Å². The molecule has 0 radical (unpaired) electrons. The first-order chi connectivity index (χ1) is 15.2. The van der Waals surface area contributed by atoms with E-state index < -0.39 is 5.92 Å². The van der Waals surface area contributed by atoms with Gasteiger partial charge in [-0.3, -0.25) is 9.59 Å². The van der Waals surface area contributed by atoms with Crippen molar-refractivity contribution in [3.63, 3.8) is 0 Å². The van der Waals surface area contributed by atoms with E-state index in [0.717, 1.165) is 48.3 Å². The summed E-state index contributed by atoms with van der Waals surface area (Å²) in [6.45, 7) is 2.75. The molecule has 2 amide bonds. The van der Waals surface area contributed by atoms with Crippen LogP contribution in [-0.4, -0.2) is 46.3 Å². The maximum Gasteiger partial charge on any atom is 0.231 e. The van der Waals surface area contributed by atoms with Gasteiger partial charge in [-0.25, -0.2) is 9.97 Å². The van der Waals surface area contributed by atoms with Gasteiger partial charge in [-0.15, -0.1) is 0 Å². The molecule has 158 valence electrons. The van der Waals surface area contributed by atoms with Crippen LogP contribution in [0.1, 0.15) is 24.8 Å². The summed E-state index contributed by atoms with van der Waals surface area (Å²) < 4.78 is 0. The monoisotopic (exact) mass is 415 g/mol. The number of carbonyl (C=O) groups excluding carboxylic acids is 2. The predicted octanol–water partition coefficient (Wildman–Crippen LogP) is 3.22. The van der Waals surface area contributed by atoms with Crippen LogP contribution < -0.4 is 10.2 Å². The molecule has 7 nitrogen and oxygen atoms in total. The number of para-hydroxylation sites is 2. The number of hydrogen-bond acceptors (Lipinski definition) is 5. The van der Waals surface area contributed by atoms with Gasteiger partial charge >= 0.3 is 0 Å². The lowest BCUT2D eigenvalue weighted by molar-refractivity contribution is -0.128. The van der Waals surface area contributed by atoms with Gasteiger partial charge in [-0.05, 0) is 30.5 Å².